The molecule has 9 nitrogen and oxygen atoms in total. The van der Waals surface area contributed by atoms with Crippen molar-refractivity contribution in [1.29, 1.82) is 0 Å². The van der Waals surface area contributed by atoms with Crippen molar-refractivity contribution in [1.82, 2.24) is 19.9 Å². The lowest BCUT2D eigenvalue weighted by atomic mass is 9.81. The van der Waals surface area contributed by atoms with Gasteiger partial charge in [0.2, 0.25) is 5.91 Å². The molecule has 5 rings (SSSR count). The van der Waals surface area contributed by atoms with Crippen molar-refractivity contribution in [2.45, 2.75) is 90.6 Å². The Hall–Kier alpha value is -3.23. The van der Waals surface area contributed by atoms with Crippen LogP contribution in [0.15, 0.2) is 17.8 Å². The summed E-state index contributed by atoms with van der Waals surface area (Å²) in [5, 5.41) is 14.0. The van der Waals surface area contributed by atoms with Crippen molar-refractivity contribution < 1.29 is 14.4 Å². The number of hydrogen-bond acceptors (Lipinski definition) is 7. The second-order valence-corrected chi connectivity index (χ2v) is 11.5. The monoisotopic (exact) mass is 506 g/mol. The lowest BCUT2D eigenvalue weighted by molar-refractivity contribution is -0.124. The minimum absolute atomic E-state index is 0.0728. The van der Waals surface area contributed by atoms with E-state index in [1.165, 1.54) is 0 Å². The Morgan fingerprint density at radius 2 is 1.81 bits per heavy atom. The molecule has 1 atom stereocenters. The lowest BCUT2D eigenvalue weighted by Crippen LogP contribution is -2.28. The molecule has 2 aromatic rings. The van der Waals surface area contributed by atoms with Crippen LogP contribution in [0.25, 0.3) is 11.7 Å². The second kappa shape index (κ2) is 10.6. The van der Waals surface area contributed by atoms with E-state index < -0.39 is 0 Å². The van der Waals surface area contributed by atoms with Gasteiger partial charge in [-0.05, 0) is 62.4 Å². The highest BCUT2D eigenvalue weighted by molar-refractivity contribution is 6.15. The smallest absolute Gasteiger partial charge is 0.254 e. The predicted molar refractivity (Wildman–Crippen MR) is 143 cm³/mol. The van der Waals surface area contributed by atoms with Gasteiger partial charge in [-0.25, -0.2) is 4.98 Å². The molecule has 1 aliphatic heterocycles. The van der Waals surface area contributed by atoms with Gasteiger partial charge in [0.15, 0.2) is 5.65 Å². The molecule has 198 valence electrons. The number of rotatable bonds is 10. The van der Waals surface area contributed by atoms with Crippen molar-refractivity contribution in [2.24, 2.45) is 17.8 Å². The van der Waals surface area contributed by atoms with Crippen LogP contribution in [-0.4, -0.2) is 44.3 Å². The number of ketones is 1. The Morgan fingerprint density at radius 1 is 1.11 bits per heavy atom. The molecule has 3 aliphatic rings. The molecule has 2 saturated carbocycles. The van der Waals surface area contributed by atoms with E-state index in [4.69, 9.17) is 4.98 Å². The maximum atomic E-state index is 12.5. The minimum Gasteiger partial charge on any atom is -0.367 e. The van der Waals surface area contributed by atoms with Gasteiger partial charge in [0.1, 0.15) is 17.4 Å². The van der Waals surface area contributed by atoms with Crippen LogP contribution in [0, 0.1) is 17.8 Å². The van der Waals surface area contributed by atoms with E-state index in [1.807, 2.05) is 6.07 Å². The van der Waals surface area contributed by atoms with Gasteiger partial charge < -0.3 is 10.6 Å². The minimum atomic E-state index is -0.358. The molecule has 37 heavy (non-hydrogen) atoms. The van der Waals surface area contributed by atoms with Crippen molar-refractivity contribution in [2.75, 3.05) is 10.6 Å². The molecule has 0 aromatic carbocycles. The third-order valence-electron chi connectivity index (χ3n) is 8.06. The van der Waals surface area contributed by atoms with Crippen molar-refractivity contribution >= 4 is 41.0 Å². The number of anilines is 2. The zero-order valence-electron chi connectivity index (χ0n) is 22.0. The zero-order valence-corrected chi connectivity index (χ0v) is 22.0. The quantitative estimate of drug-likeness (QED) is 0.324. The molecule has 2 aromatic heterocycles. The van der Waals surface area contributed by atoms with Gasteiger partial charge in [-0.15, -0.1) is 0 Å². The summed E-state index contributed by atoms with van der Waals surface area (Å²) in [5.74, 6) is 2.85. The van der Waals surface area contributed by atoms with E-state index >= 15 is 0 Å². The molecule has 2 aliphatic carbocycles. The summed E-state index contributed by atoms with van der Waals surface area (Å²) in [6.07, 6.45) is 11.2. The van der Waals surface area contributed by atoms with Crippen LogP contribution in [0.2, 0.25) is 0 Å². The molecule has 3 N–H and O–H groups in total. The van der Waals surface area contributed by atoms with Crippen LogP contribution >= 0.6 is 0 Å². The number of aromatic nitrogens is 3. The fourth-order valence-corrected chi connectivity index (χ4v) is 5.22. The standard InChI is InChI=1S/C28H38N6O3/c1-16(2)17(3)10-23(35)11-18-4-6-21(7-5-18)30-24-14-25(31-22-8-9-22)34-27(32-24)20(15-29-34)12-19-13-26(36)33-28(19)37/h12,14-18,21-22,31H,4-11,13H2,1-3H3,(H,30,32)(H,33,36,37)/b19-12+. The van der Waals surface area contributed by atoms with Crippen LogP contribution in [0.1, 0.15) is 84.1 Å². The summed E-state index contributed by atoms with van der Waals surface area (Å²) < 4.78 is 1.77. The molecule has 0 radical (unpaired) electrons. The Morgan fingerprint density at radius 3 is 2.46 bits per heavy atom. The van der Waals surface area contributed by atoms with Crippen LogP contribution < -0.4 is 16.0 Å². The Balaban J connectivity index is 1.27. The van der Waals surface area contributed by atoms with Crippen molar-refractivity contribution in [3.05, 3.63) is 23.4 Å². The summed E-state index contributed by atoms with van der Waals surface area (Å²) in [7, 11) is 0. The van der Waals surface area contributed by atoms with Gasteiger partial charge in [0, 0.05) is 42.1 Å². The first-order valence-corrected chi connectivity index (χ1v) is 13.7. The predicted octanol–water partition coefficient (Wildman–Crippen LogP) is 4.35. The number of nitrogens with zero attached hydrogens (tertiary/aromatic N) is 3. The zero-order chi connectivity index (χ0) is 26.1. The summed E-state index contributed by atoms with van der Waals surface area (Å²) >= 11 is 0. The van der Waals surface area contributed by atoms with E-state index in [2.05, 4.69) is 41.8 Å². The Kier molecular flexibility index (Phi) is 7.31. The molecule has 1 unspecified atom stereocenters. The summed E-state index contributed by atoms with van der Waals surface area (Å²) in [6, 6.07) is 2.74. The fraction of sp³-hybridized carbons (Fsp3) is 0.607. The van der Waals surface area contributed by atoms with Crippen molar-refractivity contribution in [3.63, 3.8) is 0 Å². The number of nitrogens with one attached hydrogen (secondary N) is 3. The van der Waals surface area contributed by atoms with Crippen LogP contribution in [0.4, 0.5) is 11.6 Å². The number of fused-ring (bicyclic) bond motifs is 1. The van der Waals surface area contributed by atoms with Crippen molar-refractivity contribution in [3.8, 4) is 0 Å². The molecule has 0 spiro atoms. The van der Waals surface area contributed by atoms with E-state index in [9.17, 15) is 14.4 Å². The number of imide groups is 1. The normalized spacial score (nSPS) is 24.1. The molecular weight excluding hydrogens is 468 g/mol. The highest BCUT2D eigenvalue weighted by Crippen LogP contribution is 2.32. The maximum Gasteiger partial charge on any atom is 0.254 e. The number of carbonyl (C=O) groups is 3. The molecule has 2 amide bonds. The lowest BCUT2D eigenvalue weighted by Gasteiger charge is -2.29. The number of hydrogen-bond donors (Lipinski definition) is 3. The number of Topliss-reactive ketones (excluding diaryl/α,β-unsaturated/α-hetero) is 1. The first-order valence-electron chi connectivity index (χ1n) is 13.7. The molecular formula is C28H38N6O3. The average molecular weight is 507 g/mol. The van der Waals surface area contributed by atoms with Crippen LogP contribution in [-0.2, 0) is 14.4 Å². The van der Waals surface area contributed by atoms with Gasteiger partial charge in [0.25, 0.3) is 5.91 Å². The molecule has 9 heteroatoms. The van der Waals surface area contributed by atoms with E-state index in [1.54, 1.807) is 16.8 Å². The van der Waals surface area contributed by atoms with Gasteiger partial charge in [-0.3, -0.25) is 19.7 Å². The Labute approximate surface area is 217 Å². The van der Waals surface area contributed by atoms with Crippen LogP contribution in [0.5, 0.6) is 0 Å². The third kappa shape index (κ3) is 6.19. The van der Waals surface area contributed by atoms with E-state index in [-0.39, 0.29) is 18.2 Å². The topological polar surface area (TPSA) is 117 Å². The molecule has 1 saturated heterocycles. The first kappa shape index (κ1) is 25.4. The maximum absolute atomic E-state index is 12.5. The molecule has 3 fully saturated rings. The fourth-order valence-electron chi connectivity index (χ4n) is 5.22. The van der Waals surface area contributed by atoms with E-state index in [0.717, 1.165) is 50.2 Å². The average Bonchev–Trinajstić information content (AvgIpc) is 3.48. The van der Waals surface area contributed by atoms with Gasteiger partial charge >= 0.3 is 0 Å². The van der Waals surface area contributed by atoms with Gasteiger partial charge in [-0.2, -0.15) is 9.61 Å². The highest BCUT2D eigenvalue weighted by Gasteiger charge is 2.27. The second-order valence-electron chi connectivity index (χ2n) is 11.5. The highest BCUT2D eigenvalue weighted by atomic mass is 16.2. The van der Waals surface area contributed by atoms with Gasteiger partial charge in [-0.1, -0.05) is 20.8 Å². The Bertz CT molecular complexity index is 1220. The molecule has 3 heterocycles. The number of amides is 2. The largest absolute Gasteiger partial charge is 0.367 e. The van der Waals surface area contributed by atoms with Crippen LogP contribution in [0.3, 0.4) is 0 Å². The van der Waals surface area contributed by atoms with E-state index in [0.29, 0.717) is 65.2 Å². The first-order chi connectivity index (χ1) is 17.7. The number of carbonyl (C=O) groups excluding carboxylic acids is 3. The summed E-state index contributed by atoms with van der Waals surface area (Å²) in [4.78, 5) is 41.1. The SMILES string of the molecule is CC(C)C(C)CC(=O)CC1CCC(Nc2cc(NC3CC3)n3ncc(/C=C4\CC(=O)NC4=O)c3n2)CC1. The summed E-state index contributed by atoms with van der Waals surface area (Å²) in [5.41, 5.74) is 1.78. The third-order valence-corrected chi connectivity index (χ3v) is 8.06. The van der Waals surface area contributed by atoms with Gasteiger partial charge in [0.05, 0.1) is 12.6 Å². The summed E-state index contributed by atoms with van der Waals surface area (Å²) in [6.45, 7) is 6.54. The molecule has 0 bridgehead atoms.